The summed E-state index contributed by atoms with van der Waals surface area (Å²) in [4.78, 5) is 31.5. The summed E-state index contributed by atoms with van der Waals surface area (Å²) in [6.45, 7) is 8.16. The predicted molar refractivity (Wildman–Crippen MR) is 120 cm³/mol. The minimum atomic E-state index is -2.94. The van der Waals surface area contributed by atoms with Crippen molar-refractivity contribution in [1.29, 1.82) is 0 Å². The summed E-state index contributed by atoms with van der Waals surface area (Å²) in [5.74, 6) is 0.417. The van der Waals surface area contributed by atoms with Crippen molar-refractivity contribution in [3.63, 3.8) is 0 Å². The van der Waals surface area contributed by atoms with E-state index in [1.165, 1.54) is 0 Å². The molecular weight excluding hydrogens is 434 g/mol. The van der Waals surface area contributed by atoms with E-state index in [9.17, 15) is 18.0 Å². The van der Waals surface area contributed by atoms with Gasteiger partial charge in [-0.1, -0.05) is 0 Å². The second-order valence-corrected chi connectivity index (χ2v) is 12.0. The lowest BCUT2D eigenvalue weighted by molar-refractivity contribution is 0.0203. The largest absolute Gasteiger partial charge is 0.444 e. The second-order valence-electron chi connectivity index (χ2n) is 9.66. The van der Waals surface area contributed by atoms with Gasteiger partial charge in [0.1, 0.15) is 11.2 Å². The average Bonchev–Trinajstić information content (AvgIpc) is 3.10. The summed E-state index contributed by atoms with van der Waals surface area (Å²) in [5.41, 5.74) is 1.63. The van der Waals surface area contributed by atoms with Gasteiger partial charge in [0.2, 0.25) is 0 Å². The lowest BCUT2D eigenvalue weighted by Crippen LogP contribution is -2.41. The summed E-state index contributed by atoms with van der Waals surface area (Å²) in [6, 6.07) is 1.59. The number of nitrogens with one attached hydrogen (secondary N) is 1. The smallest absolute Gasteiger partial charge is 0.410 e. The minimum Gasteiger partial charge on any atom is -0.444 e. The first-order valence-corrected chi connectivity index (χ1v) is 12.8. The third-order valence-corrected chi connectivity index (χ3v) is 7.62. The molecule has 2 aromatic heterocycles. The van der Waals surface area contributed by atoms with E-state index in [4.69, 9.17) is 4.74 Å². The molecule has 4 heterocycles. The van der Waals surface area contributed by atoms with E-state index in [1.54, 1.807) is 21.7 Å². The molecular formula is C21H31N5O5S. The molecule has 11 heteroatoms. The summed E-state index contributed by atoms with van der Waals surface area (Å²) >= 11 is 0. The Hall–Kier alpha value is -2.40. The maximum Gasteiger partial charge on any atom is 0.410 e. The number of aromatic amines is 1. The molecule has 0 aromatic carbocycles. The molecule has 0 atom stereocenters. The molecule has 2 saturated heterocycles. The van der Waals surface area contributed by atoms with E-state index in [1.807, 2.05) is 20.8 Å². The molecule has 2 fully saturated rings. The van der Waals surface area contributed by atoms with Crippen LogP contribution in [0.2, 0.25) is 0 Å². The highest BCUT2D eigenvalue weighted by Crippen LogP contribution is 2.29. The van der Waals surface area contributed by atoms with Gasteiger partial charge in [-0.25, -0.2) is 17.7 Å². The van der Waals surface area contributed by atoms with Crippen molar-refractivity contribution in [2.75, 3.05) is 37.7 Å². The molecule has 10 nitrogen and oxygen atoms in total. The molecule has 0 aliphatic carbocycles. The molecule has 4 rings (SSSR count). The van der Waals surface area contributed by atoms with Gasteiger partial charge in [-0.05, 0) is 33.6 Å². The Morgan fingerprint density at radius 2 is 1.84 bits per heavy atom. The van der Waals surface area contributed by atoms with Crippen molar-refractivity contribution in [2.45, 2.75) is 51.7 Å². The van der Waals surface area contributed by atoms with Crippen LogP contribution in [0.4, 0.5) is 4.79 Å². The summed E-state index contributed by atoms with van der Waals surface area (Å²) < 4.78 is 30.6. The fourth-order valence-corrected chi connectivity index (χ4v) is 5.58. The Bertz CT molecular complexity index is 1140. The van der Waals surface area contributed by atoms with Crippen LogP contribution in [0.3, 0.4) is 0 Å². The third kappa shape index (κ3) is 5.15. The van der Waals surface area contributed by atoms with Gasteiger partial charge >= 0.3 is 6.09 Å². The highest BCUT2D eigenvalue weighted by Gasteiger charge is 2.29. The quantitative estimate of drug-likeness (QED) is 0.727. The molecule has 2 aliphatic heterocycles. The number of carbonyl (C=O) groups is 1. The van der Waals surface area contributed by atoms with Crippen molar-refractivity contribution >= 4 is 21.6 Å². The summed E-state index contributed by atoms with van der Waals surface area (Å²) in [5, 5.41) is 4.53. The van der Waals surface area contributed by atoms with Crippen LogP contribution < -0.4 is 5.56 Å². The molecule has 2 aliphatic rings. The lowest BCUT2D eigenvalue weighted by atomic mass is 9.93. The van der Waals surface area contributed by atoms with E-state index in [2.05, 4.69) is 15.0 Å². The topological polar surface area (TPSA) is 117 Å². The molecule has 0 spiro atoms. The zero-order valence-electron chi connectivity index (χ0n) is 18.8. The predicted octanol–water partition coefficient (Wildman–Crippen LogP) is 1.37. The molecule has 0 bridgehead atoms. The number of carbonyl (C=O) groups excluding carboxylic acids is 1. The van der Waals surface area contributed by atoms with Crippen LogP contribution in [0.1, 0.15) is 50.8 Å². The zero-order chi connectivity index (χ0) is 23.1. The first-order valence-electron chi connectivity index (χ1n) is 11.0. The average molecular weight is 466 g/mol. The maximum atomic E-state index is 12.4. The van der Waals surface area contributed by atoms with Crippen LogP contribution in [0.5, 0.6) is 0 Å². The van der Waals surface area contributed by atoms with E-state index >= 15 is 0 Å². The van der Waals surface area contributed by atoms with E-state index in [0.717, 1.165) is 24.1 Å². The third-order valence-electron chi connectivity index (χ3n) is 6.01. The molecule has 1 N–H and O–H groups in total. The number of H-pyrrole nitrogens is 1. The molecule has 176 valence electrons. The molecule has 32 heavy (non-hydrogen) atoms. The van der Waals surface area contributed by atoms with Gasteiger partial charge in [0.25, 0.3) is 5.56 Å². The van der Waals surface area contributed by atoms with Crippen molar-refractivity contribution in [3.8, 4) is 0 Å². The van der Waals surface area contributed by atoms with E-state index in [-0.39, 0.29) is 29.1 Å². The van der Waals surface area contributed by atoms with E-state index in [0.29, 0.717) is 38.4 Å². The van der Waals surface area contributed by atoms with Crippen molar-refractivity contribution in [3.05, 3.63) is 33.9 Å². The number of aromatic nitrogens is 3. The molecule has 1 amide bonds. The van der Waals surface area contributed by atoms with Crippen LogP contribution in [0, 0.1) is 0 Å². The molecule has 0 radical (unpaired) electrons. The highest BCUT2D eigenvalue weighted by atomic mass is 32.2. The monoisotopic (exact) mass is 465 g/mol. The first kappa shape index (κ1) is 22.8. The number of ether oxygens (including phenoxy) is 1. The zero-order valence-corrected chi connectivity index (χ0v) is 19.7. The Morgan fingerprint density at radius 1 is 1.19 bits per heavy atom. The Morgan fingerprint density at radius 3 is 2.47 bits per heavy atom. The maximum absolute atomic E-state index is 12.4. The fraction of sp³-hybridized carbons (Fsp3) is 0.667. The number of nitrogens with zero attached hydrogens (tertiary/aromatic N) is 4. The lowest BCUT2D eigenvalue weighted by Gasteiger charge is -2.33. The summed E-state index contributed by atoms with van der Waals surface area (Å²) in [6.07, 6.45) is 2.87. The van der Waals surface area contributed by atoms with Crippen LogP contribution in [-0.2, 0) is 21.1 Å². The second kappa shape index (κ2) is 8.51. The number of hydrogen-bond donors (Lipinski definition) is 1. The first-order chi connectivity index (χ1) is 15.0. The molecule has 0 saturated carbocycles. The van der Waals surface area contributed by atoms with Gasteiger partial charge < -0.3 is 14.6 Å². The van der Waals surface area contributed by atoms with Gasteiger partial charge in [-0.2, -0.15) is 5.10 Å². The van der Waals surface area contributed by atoms with Gasteiger partial charge in [-0.15, -0.1) is 0 Å². The minimum absolute atomic E-state index is 0.103. The fourth-order valence-electron chi connectivity index (χ4n) is 4.30. The number of amides is 1. The molecule has 0 unspecified atom stereocenters. The normalized spacial score (nSPS) is 20.5. The Kier molecular flexibility index (Phi) is 6.06. The number of fused-ring (bicyclic) bond motifs is 1. The van der Waals surface area contributed by atoms with Crippen molar-refractivity contribution in [1.82, 2.24) is 24.4 Å². The van der Waals surface area contributed by atoms with Gasteiger partial charge in [0, 0.05) is 50.3 Å². The van der Waals surface area contributed by atoms with Crippen LogP contribution >= 0.6 is 0 Å². The highest BCUT2D eigenvalue weighted by molar-refractivity contribution is 7.91. The Labute approximate surface area is 187 Å². The number of sulfone groups is 1. The van der Waals surface area contributed by atoms with Crippen molar-refractivity contribution < 1.29 is 17.9 Å². The van der Waals surface area contributed by atoms with Crippen molar-refractivity contribution in [2.24, 2.45) is 0 Å². The SMILES string of the molecule is CC(C)(C)OC(=O)N1CCC(c2cc(=O)[nH]c3c(CN4CCS(=O)(=O)CC4)cnn23)CC1. The van der Waals surface area contributed by atoms with Crippen LogP contribution in [0.25, 0.3) is 5.65 Å². The number of rotatable bonds is 3. The molecule has 2 aromatic rings. The van der Waals surface area contributed by atoms with Gasteiger partial charge in [0.05, 0.1) is 23.4 Å². The van der Waals surface area contributed by atoms with Crippen LogP contribution in [0.15, 0.2) is 17.1 Å². The number of hydrogen-bond acceptors (Lipinski definition) is 7. The summed E-state index contributed by atoms with van der Waals surface area (Å²) in [7, 11) is -2.94. The number of likely N-dealkylation sites (tertiary alicyclic amines) is 1. The van der Waals surface area contributed by atoms with Gasteiger partial charge in [0.15, 0.2) is 9.84 Å². The van der Waals surface area contributed by atoms with Gasteiger partial charge in [-0.3, -0.25) is 9.69 Å². The Balaban J connectivity index is 1.49. The van der Waals surface area contributed by atoms with E-state index < -0.39 is 15.4 Å². The number of piperidine rings is 1. The standard InChI is InChI=1S/C21H31N5O5S/c1-21(2,3)31-20(28)25-6-4-15(5-7-25)17-12-18(27)23-19-16(13-22-26(17)19)14-24-8-10-32(29,30)11-9-24/h12-13,15H,4-11,14H2,1-3H3,(H,23,27). The van der Waals surface area contributed by atoms with Crippen LogP contribution in [-0.4, -0.2) is 82.2 Å².